The first kappa shape index (κ1) is 72.8. The number of carbonyl (C=O) groups excluding carboxylic acids is 3. The molecule has 0 saturated heterocycles. The van der Waals surface area contributed by atoms with Crippen LogP contribution in [0.2, 0.25) is 0 Å². The van der Waals surface area contributed by atoms with E-state index < -0.39 is 6.10 Å². The Balaban J connectivity index is 4.32. The summed E-state index contributed by atoms with van der Waals surface area (Å²) in [5.74, 6) is -0.906. The summed E-state index contributed by atoms with van der Waals surface area (Å²) in [5, 5.41) is 0. The molecule has 0 aromatic carbocycles. The Hall–Kier alpha value is -3.15. The Bertz CT molecular complexity index is 1400. The molecule has 0 bridgehead atoms. The van der Waals surface area contributed by atoms with Crippen LogP contribution in [0.25, 0.3) is 0 Å². The molecule has 0 aliphatic heterocycles. The van der Waals surface area contributed by atoms with Gasteiger partial charge in [0.25, 0.3) is 0 Å². The van der Waals surface area contributed by atoms with Gasteiger partial charge in [-0.05, 0) is 89.9 Å². The van der Waals surface area contributed by atoms with Crippen molar-refractivity contribution in [3.63, 3.8) is 0 Å². The fourth-order valence-electron chi connectivity index (χ4n) is 9.53. The van der Waals surface area contributed by atoms with Crippen LogP contribution in [0, 0.1) is 0 Å². The van der Waals surface area contributed by atoms with E-state index in [0.717, 1.165) is 103 Å². The van der Waals surface area contributed by atoms with Gasteiger partial charge in [-0.3, -0.25) is 14.4 Å². The molecular weight excluding hydrogens is 937 g/mol. The van der Waals surface area contributed by atoms with Crippen LogP contribution in [0.4, 0.5) is 0 Å². The summed E-state index contributed by atoms with van der Waals surface area (Å²) in [6.45, 7) is 6.53. The maximum Gasteiger partial charge on any atom is 0.306 e. The Labute approximate surface area is 472 Å². The first-order chi connectivity index (χ1) is 37.5. The van der Waals surface area contributed by atoms with Gasteiger partial charge in [-0.15, -0.1) is 0 Å². The number of allylic oxidation sites excluding steroid dienone is 12. The Morgan fingerprint density at radius 1 is 0.276 bits per heavy atom. The van der Waals surface area contributed by atoms with Crippen molar-refractivity contribution in [3.8, 4) is 0 Å². The summed E-state index contributed by atoms with van der Waals surface area (Å²) in [4.78, 5) is 38.3. The Morgan fingerprint density at radius 2 is 0.513 bits per heavy atom. The van der Waals surface area contributed by atoms with E-state index in [4.69, 9.17) is 14.2 Å². The molecule has 0 rings (SSSR count). The van der Waals surface area contributed by atoms with Crippen LogP contribution in [0.3, 0.4) is 0 Å². The fraction of sp³-hybridized carbons (Fsp3) is 0.786. The fourth-order valence-corrected chi connectivity index (χ4v) is 9.53. The molecular formula is C70H124O6. The SMILES string of the molecule is CC/C=C\C/C=C\C/C=C\CCCCCC(=O)OCC(COC(=O)CCCCCCCCCC/C=C\C/C=C\C/C=C\CCCCCCC)OC(=O)CCCCCCCCCCCCCCCCCCCCCCCC. The van der Waals surface area contributed by atoms with Crippen LogP contribution in [-0.2, 0) is 28.6 Å². The molecule has 76 heavy (non-hydrogen) atoms. The zero-order chi connectivity index (χ0) is 55.0. The second kappa shape index (κ2) is 64.4. The lowest BCUT2D eigenvalue weighted by Gasteiger charge is -2.18. The minimum absolute atomic E-state index is 0.0863. The van der Waals surface area contributed by atoms with Gasteiger partial charge in [0.2, 0.25) is 0 Å². The van der Waals surface area contributed by atoms with Crippen molar-refractivity contribution < 1.29 is 28.6 Å². The number of hydrogen-bond acceptors (Lipinski definition) is 6. The van der Waals surface area contributed by atoms with Gasteiger partial charge in [0.1, 0.15) is 13.2 Å². The van der Waals surface area contributed by atoms with Crippen molar-refractivity contribution >= 4 is 17.9 Å². The Morgan fingerprint density at radius 3 is 0.816 bits per heavy atom. The molecule has 0 aliphatic rings. The summed E-state index contributed by atoms with van der Waals surface area (Å²) < 4.78 is 16.9. The third-order valence-corrected chi connectivity index (χ3v) is 14.4. The third-order valence-electron chi connectivity index (χ3n) is 14.4. The van der Waals surface area contributed by atoms with Gasteiger partial charge in [0, 0.05) is 19.3 Å². The van der Waals surface area contributed by atoms with Gasteiger partial charge >= 0.3 is 17.9 Å². The zero-order valence-corrected chi connectivity index (χ0v) is 50.5. The molecule has 0 N–H and O–H groups in total. The molecule has 0 aliphatic carbocycles. The van der Waals surface area contributed by atoms with Gasteiger partial charge in [0.15, 0.2) is 6.10 Å². The largest absolute Gasteiger partial charge is 0.462 e. The van der Waals surface area contributed by atoms with Gasteiger partial charge in [-0.2, -0.15) is 0 Å². The minimum atomic E-state index is -0.790. The molecule has 0 radical (unpaired) electrons. The summed E-state index contributed by atoms with van der Waals surface area (Å²) in [6, 6.07) is 0. The van der Waals surface area contributed by atoms with Crippen LogP contribution in [-0.4, -0.2) is 37.2 Å². The zero-order valence-electron chi connectivity index (χ0n) is 50.5. The second-order valence-electron chi connectivity index (χ2n) is 22.0. The molecule has 0 heterocycles. The average molecular weight is 1060 g/mol. The lowest BCUT2D eigenvalue weighted by Crippen LogP contribution is -2.30. The molecule has 0 spiro atoms. The van der Waals surface area contributed by atoms with E-state index in [1.54, 1.807) is 0 Å². The lowest BCUT2D eigenvalue weighted by atomic mass is 10.0. The smallest absolute Gasteiger partial charge is 0.306 e. The number of rotatable bonds is 60. The maximum atomic E-state index is 12.9. The highest BCUT2D eigenvalue weighted by atomic mass is 16.6. The molecule has 6 nitrogen and oxygen atoms in total. The van der Waals surface area contributed by atoms with Crippen molar-refractivity contribution in [3.05, 3.63) is 72.9 Å². The first-order valence-corrected chi connectivity index (χ1v) is 32.9. The highest BCUT2D eigenvalue weighted by Crippen LogP contribution is 2.17. The maximum absolute atomic E-state index is 12.9. The van der Waals surface area contributed by atoms with Crippen LogP contribution < -0.4 is 0 Å². The monoisotopic (exact) mass is 1060 g/mol. The van der Waals surface area contributed by atoms with E-state index in [-0.39, 0.29) is 31.1 Å². The van der Waals surface area contributed by atoms with Crippen molar-refractivity contribution in [2.24, 2.45) is 0 Å². The molecule has 440 valence electrons. The highest BCUT2D eigenvalue weighted by molar-refractivity contribution is 5.71. The van der Waals surface area contributed by atoms with Crippen LogP contribution in [0.1, 0.15) is 335 Å². The van der Waals surface area contributed by atoms with Crippen molar-refractivity contribution in [2.45, 2.75) is 341 Å². The van der Waals surface area contributed by atoms with E-state index in [2.05, 4.69) is 93.7 Å². The minimum Gasteiger partial charge on any atom is -0.462 e. The van der Waals surface area contributed by atoms with Crippen LogP contribution in [0.15, 0.2) is 72.9 Å². The van der Waals surface area contributed by atoms with Gasteiger partial charge in [-0.25, -0.2) is 0 Å². The molecule has 0 saturated carbocycles. The van der Waals surface area contributed by atoms with E-state index in [9.17, 15) is 14.4 Å². The summed E-state index contributed by atoms with van der Waals surface area (Å²) in [7, 11) is 0. The molecule has 6 heteroatoms. The topological polar surface area (TPSA) is 78.9 Å². The number of unbranched alkanes of at least 4 members (excludes halogenated alkanes) is 37. The molecule has 1 unspecified atom stereocenters. The second-order valence-corrected chi connectivity index (χ2v) is 22.0. The van der Waals surface area contributed by atoms with Crippen LogP contribution >= 0.6 is 0 Å². The normalized spacial score (nSPS) is 12.5. The van der Waals surface area contributed by atoms with Crippen molar-refractivity contribution in [1.29, 1.82) is 0 Å². The predicted octanol–water partition coefficient (Wildman–Crippen LogP) is 22.5. The number of hydrogen-bond donors (Lipinski definition) is 0. The van der Waals surface area contributed by atoms with Gasteiger partial charge in [0.05, 0.1) is 0 Å². The van der Waals surface area contributed by atoms with Crippen LogP contribution in [0.5, 0.6) is 0 Å². The number of ether oxygens (including phenoxy) is 3. The van der Waals surface area contributed by atoms with Gasteiger partial charge < -0.3 is 14.2 Å². The molecule has 0 fully saturated rings. The summed E-state index contributed by atoms with van der Waals surface area (Å²) in [6.07, 6.45) is 83.5. The quantitative estimate of drug-likeness (QED) is 0.0261. The average Bonchev–Trinajstić information content (AvgIpc) is 3.42. The van der Waals surface area contributed by atoms with Gasteiger partial charge in [-0.1, -0.05) is 299 Å². The Kier molecular flexibility index (Phi) is 61.7. The summed E-state index contributed by atoms with van der Waals surface area (Å²) >= 11 is 0. The molecule has 0 aromatic rings. The molecule has 0 aromatic heterocycles. The van der Waals surface area contributed by atoms with E-state index in [1.807, 2.05) is 0 Å². The highest BCUT2D eigenvalue weighted by Gasteiger charge is 2.19. The third kappa shape index (κ3) is 61.7. The predicted molar refractivity (Wildman–Crippen MR) is 330 cm³/mol. The van der Waals surface area contributed by atoms with E-state index in [1.165, 1.54) is 193 Å². The lowest BCUT2D eigenvalue weighted by molar-refractivity contribution is -0.167. The number of esters is 3. The van der Waals surface area contributed by atoms with E-state index in [0.29, 0.717) is 19.3 Å². The molecule has 1 atom stereocenters. The first-order valence-electron chi connectivity index (χ1n) is 32.9. The number of carbonyl (C=O) groups is 3. The van der Waals surface area contributed by atoms with Crippen molar-refractivity contribution in [1.82, 2.24) is 0 Å². The molecule has 0 amide bonds. The van der Waals surface area contributed by atoms with Crippen molar-refractivity contribution in [2.75, 3.05) is 13.2 Å². The summed E-state index contributed by atoms with van der Waals surface area (Å²) in [5.41, 5.74) is 0. The van der Waals surface area contributed by atoms with E-state index >= 15 is 0 Å². The standard InChI is InChI=1S/C70H124O6/c1-4-7-10-13-16-19-22-25-27-29-31-33-35-37-38-40-42-45-48-51-54-57-60-63-69(72)75-66-67(65-74-68(71)62-59-56-53-50-47-44-24-21-18-15-12-9-6-3)76-70(73)64-61-58-55-52-49-46-43-41-39-36-34-32-30-28-26-23-20-17-14-11-8-5-2/h9,12,18,21-22,25,29,31,35,37,44,47,67H,4-8,10-11,13-17,19-20,23-24,26-28,30,32-34,36,38-43,45-46,48-66H2,1-3H3/b12-9-,21-18-,25-22-,31-29-,37-35-,47-44-.